The van der Waals surface area contributed by atoms with Crippen LogP contribution in [0.3, 0.4) is 0 Å². The number of hydrogen-bond donors (Lipinski definition) is 3. The van der Waals surface area contributed by atoms with Crippen molar-refractivity contribution >= 4 is 11.8 Å². The number of aliphatic hydroxyl groups excluding tert-OH is 1. The van der Waals surface area contributed by atoms with Gasteiger partial charge in [-0.15, -0.1) is 0 Å². The molecule has 24 heavy (non-hydrogen) atoms. The summed E-state index contributed by atoms with van der Waals surface area (Å²) in [6.07, 6.45) is -1.12. The van der Waals surface area contributed by atoms with Crippen molar-refractivity contribution < 1.29 is 23.5 Å². The number of carbonyl (C=O) groups is 2. The molecule has 0 aliphatic heterocycles. The lowest BCUT2D eigenvalue weighted by atomic mass is 9.96. The Morgan fingerprint density at radius 2 is 1.83 bits per heavy atom. The highest BCUT2D eigenvalue weighted by Gasteiger charge is 2.22. The predicted molar refractivity (Wildman–Crippen MR) is 86.0 cm³/mol. The Labute approximate surface area is 140 Å². The summed E-state index contributed by atoms with van der Waals surface area (Å²) >= 11 is 0. The molecule has 1 rings (SSSR count). The first-order valence-electron chi connectivity index (χ1n) is 7.73. The summed E-state index contributed by atoms with van der Waals surface area (Å²) in [5, 5.41) is 15.3. The van der Waals surface area contributed by atoms with Crippen LogP contribution < -0.4 is 10.6 Å². The molecule has 2 atom stereocenters. The van der Waals surface area contributed by atoms with Crippen molar-refractivity contribution in [2.24, 2.45) is 5.41 Å². The van der Waals surface area contributed by atoms with E-state index in [9.17, 15) is 23.5 Å². The summed E-state index contributed by atoms with van der Waals surface area (Å²) in [5.74, 6) is -2.59. The molecule has 3 N–H and O–H groups in total. The third kappa shape index (κ3) is 5.88. The van der Waals surface area contributed by atoms with E-state index in [4.69, 9.17) is 0 Å². The number of benzene rings is 1. The van der Waals surface area contributed by atoms with Gasteiger partial charge in [0.25, 0.3) is 0 Å². The fourth-order valence-electron chi connectivity index (χ4n) is 1.94. The number of halogens is 2. The lowest BCUT2D eigenvalue weighted by molar-refractivity contribution is -0.128. The third-order valence-corrected chi connectivity index (χ3v) is 3.47. The average molecular weight is 342 g/mol. The Balaban J connectivity index is 2.48. The van der Waals surface area contributed by atoms with Gasteiger partial charge in [-0.2, -0.15) is 0 Å². The molecule has 0 spiro atoms. The minimum Gasteiger partial charge on any atom is -0.386 e. The Morgan fingerprint density at radius 1 is 1.21 bits per heavy atom. The predicted octanol–water partition coefficient (Wildman–Crippen LogP) is 2.06. The molecule has 2 amide bonds. The summed E-state index contributed by atoms with van der Waals surface area (Å²) < 4.78 is 26.1. The molecule has 0 aliphatic rings. The molecule has 0 bridgehead atoms. The van der Waals surface area contributed by atoms with Gasteiger partial charge in [0.1, 0.15) is 0 Å². The Kier molecular flexibility index (Phi) is 6.83. The molecule has 0 fully saturated rings. The van der Waals surface area contributed by atoms with Gasteiger partial charge < -0.3 is 15.7 Å². The summed E-state index contributed by atoms with van der Waals surface area (Å²) in [6, 6.07) is 2.38. The Hall–Kier alpha value is -2.02. The molecule has 1 aromatic rings. The lowest BCUT2D eigenvalue weighted by Crippen LogP contribution is -2.40. The maximum absolute atomic E-state index is 13.2. The van der Waals surface area contributed by atoms with Crippen molar-refractivity contribution in [2.45, 2.75) is 46.3 Å². The minimum atomic E-state index is -1.17. The molecule has 0 saturated carbocycles. The number of aliphatic hydroxyl groups is 1. The highest BCUT2D eigenvalue weighted by atomic mass is 19.2. The van der Waals surface area contributed by atoms with Gasteiger partial charge in [0.2, 0.25) is 11.8 Å². The second-order valence-electron chi connectivity index (χ2n) is 6.73. The minimum absolute atomic E-state index is 0.0522. The van der Waals surface area contributed by atoms with E-state index in [1.54, 1.807) is 27.7 Å². The maximum atomic E-state index is 13.2. The highest BCUT2D eigenvalue weighted by molar-refractivity contribution is 5.82. The van der Waals surface area contributed by atoms with E-state index >= 15 is 0 Å². The summed E-state index contributed by atoms with van der Waals surface area (Å²) in [5.41, 5.74) is -0.366. The monoisotopic (exact) mass is 342 g/mol. The van der Waals surface area contributed by atoms with Gasteiger partial charge in [-0.1, -0.05) is 26.8 Å². The van der Waals surface area contributed by atoms with Crippen molar-refractivity contribution in [3.8, 4) is 0 Å². The summed E-state index contributed by atoms with van der Waals surface area (Å²) in [7, 11) is 0. The number of amides is 2. The van der Waals surface area contributed by atoms with E-state index in [0.29, 0.717) is 0 Å². The first-order chi connectivity index (χ1) is 11.0. The van der Waals surface area contributed by atoms with Gasteiger partial charge in [0.05, 0.1) is 12.1 Å². The SMILES string of the molecule is CC(NC(=O)CCNC(=O)C(C)(C)C)C(O)c1ccc(F)c(F)c1. The molecular weight excluding hydrogens is 318 g/mol. The largest absolute Gasteiger partial charge is 0.386 e. The van der Waals surface area contributed by atoms with E-state index in [-0.39, 0.29) is 30.3 Å². The molecule has 134 valence electrons. The highest BCUT2D eigenvalue weighted by Crippen LogP contribution is 2.19. The quantitative estimate of drug-likeness (QED) is 0.740. The van der Waals surface area contributed by atoms with Crippen LogP contribution in [-0.2, 0) is 9.59 Å². The third-order valence-electron chi connectivity index (χ3n) is 3.47. The summed E-state index contributed by atoms with van der Waals surface area (Å²) in [6.45, 7) is 7.03. The second-order valence-corrected chi connectivity index (χ2v) is 6.73. The molecule has 7 heteroatoms. The van der Waals surface area contributed by atoms with Crippen LogP contribution in [0.15, 0.2) is 18.2 Å². The zero-order chi connectivity index (χ0) is 18.5. The fraction of sp³-hybridized carbons (Fsp3) is 0.529. The van der Waals surface area contributed by atoms with Crippen LogP contribution in [0.4, 0.5) is 8.78 Å². The van der Waals surface area contributed by atoms with Crippen molar-refractivity contribution in [3.05, 3.63) is 35.4 Å². The van der Waals surface area contributed by atoms with Crippen LogP contribution in [0.25, 0.3) is 0 Å². The normalized spacial score (nSPS) is 14.0. The average Bonchev–Trinajstić information content (AvgIpc) is 2.48. The van der Waals surface area contributed by atoms with Crippen molar-refractivity contribution in [2.75, 3.05) is 6.54 Å². The lowest BCUT2D eigenvalue weighted by Gasteiger charge is -2.21. The van der Waals surface area contributed by atoms with Crippen LogP contribution in [0.1, 0.15) is 45.8 Å². The molecule has 0 heterocycles. The summed E-state index contributed by atoms with van der Waals surface area (Å²) in [4.78, 5) is 23.5. The van der Waals surface area contributed by atoms with Gasteiger partial charge in [0.15, 0.2) is 11.6 Å². The van der Waals surface area contributed by atoms with E-state index in [0.717, 1.165) is 12.1 Å². The fourth-order valence-corrected chi connectivity index (χ4v) is 1.94. The van der Waals surface area contributed by atoms with Crippen molar-refractivity contribution in [1.29, 1.82) is 0 Å². The van der Waals surface area contributed by atoms with E-state index in [2.05, 4.69) is 10.6 Å². The van der Waals surface area contributed by atoms with Crippen LogP contribution in [-0.4, -0.2) is 29.5 Å². The number of hydrogen-bond acceptors (Lipinski definition) is 3. The molecule has 0 aromatic heterocycles. The molecule has 1 aromatic carbocycles. The first kappa shape index (κ1) is 20.0. The first-order valence-corrected chi connectivity index (χ1v) is 7.73. The maximum Gasteiger partial charge on any atom is 0.225 e. The number of rotatable bonds is 6. The molecule has 0 saturated heterocycles. The van der Waals surface area contributed by atoms with Crippen molar-refractivity contribution in [3.63, 3.8) is 0 Å². The van der Waals surface area contributed by atoms with Crippen LogP contribution >= 0.6 is 0 Å². The van der Waals surface area contributed by atoms with Gasteiger partial charge >= 0.3 is 0 Å². The second kappa shape index (κ2) is 8.19. The van der Waals surface area contributed by atoms with Gasteiger partial charge in [0, 0.05) is 18.4 Å². The number of carbonyl (C=O) groups excluding carboxylic acids is 2. The van der Waals surface area contributed by atoms with Crippen molar-refractivity contribution in [1.82, 2.24) is 10.6 Å². The van der Waals surface area contributed by atoms with E-state index < -0.39 is 29.2 Å². The van der Waals surface area contributed by atoms with Gasteiger partial charge in [-0.3, -0.25) is 9.59 Å². The molecule has 0 radical (unpaired) electrons. The zero-order valence-corrected chi connectivity index (χ0v) is 14.3. The Morgan fingerprint density at radius 3 is 2.38 bits per heavy atom. The van der Waals surface area contributed by atoms with Crippen LogP contribution in [0, 0.1) is 17.0 Å². The number of nitrogens with one attached hydrogen (secondary N) is 2. The molecular formula is C17H24F2N2O3. The van der Waals surface area contributed by atoms with Crippen LogP contribution in [0.5, 0.6) is 0 Å². The molecule has 5 nitrogen and oxygen atoms in total. The zero-order valence-electron chi connectivity index (χ0n) is 14.3. The van der Waals surface area contributed by atoms with E-state index in [1.165, 1.54) is 6.07 Å². The Bertz CT molecular complexity index is 600. The topological polar surface area (TPSA) is 78.4 Å². The molecule has 0 aliphatic carbocycles. The molecule has 2 unspecified atom stereocenters. The van der Waals surface area contributed by atoms with E-state index in [1.807, 2.05) is 0 Å². The van der Waals surface area contributed by atoms with Gasteiger partial charge in [-0.25, -0.2) is 8.78 Å². The van der Waals surface area contributed by atoms with Gasteiger partial charge in [-0.05, 0) is 24.6 Å². The smallest absolute Gasteiger partial charge is 0.225 e. The van der Waals surface area contributed by atoms with Crippen LogP contribution in [0.2, 0.25) is 0 Å². The standard InChI is InChI=1S/C17H24F2N2O3/c1-10(15(23)11-5-6-12(18)13(19)9-11)21-14(22)7-8-20-16(24)17(2,3)4/h5-6,9-10,15,23H,7-8H2,1-4H3,(H,20,24)(H,21,22).